The Balaban J connectivity index is 1.46. The molecule has 4 heteroatoms. The Morgan fingerprint density at radius 2 is 1.96 bits per heavy atom. The van der Waals surface area contributed by atoms with Gasteiger partial charge in [-0.2, -0.15) is 0 Å². The fourth-order valence-electron chi connectivity index (χ4n) is 4.82. The van der Waals surface area contributed by atoms with Gasteiger partial charge in [-0.25, -0.2) is 0 Å². The Hall–Kier alpha value is -1.81. The van der Waals surface area contributed by atoms with Crippen molar-refractivity contribution in [2.75, 3.05) is 6.54 Å². The zero-order valence-electron chi connectivity index (χ0n) is 14.4. The van der Waals surface area contributed by atoms with E-state index in [-0.39, 0.29) is 5.91 Å². The minimum absolute atomic E-state index is 0.244. The molecular formula is C21H23NO2S. The van der Waals surface area contributed by atoms with E-state index in [9.17, 15) is 4.79 Å². The van der Waals surface area contributed by atoms with Gasteiger partial charge in [0, 0.05) is 28.6 Å². The summed E-state index contributed by atoms with van der Waals surface area (Å²) in [5.41, 5.74) is 2.28. The Morgan fingerprint density at radius 1 is 1.12 bits per heavy atom. The van der Waals surface area contributed by atoms with Gasteiger partial charge in [0.05, 0.1) is 4.88 Å². The van der Waals surface area contributed by atoms with Crippen LogP contribution in [0.4, 0.5) is 0 Å². The van der Waals surface area contributed by atoms with Gasteiger partial charge in [0.25, 0.3) is 5.91 Å². The van der Waals surface area contributed by atoms with Crippen molar-refractivity contribution >= 4 is 17.2 Å². The number of thiophene rings is 1. The molecule has 2 unspecified atom stereocenters. The van der Waals surface area contributed by atoms with Gasteiger partial charge in [0.1, 0.15) is 12.4 Å². The zero-order chi connectivity index (χ0) is 16.8. The fourth-order valence-corrected chi connectivity index (χ4v) is 5.98. The largest absolute Gasteiger partial charge is 0.488 e. The number of piperidine rings is 1. The molecule has 1 aromatic carbocycles. The third-order valence-electron chi connectivity index (χ3n) is 6.04. The highest BCUT2D eigenvalue weighted by molar-refractivity contribution is 7.17. The first-order valence-electron chi connectivity index (χ1n) is 9.47. The molecule has 0 radical (unpaired) electrons. The van der Waals surface area contributed by atoms with Crippen LogP contribution >= 0.6 is 11.3 Å². The Labute approximate surface area is 152 Å². The third-order valence-corrected chi connectivity index (χ3v) is 7.24. The van der Waals surface area contributed by atoms with Crippen molar-refractivity contribution in [3.63, 3.8) is 0 Å². The summed E-state index contributed by atoms with van der Waals surface area (Å²) in [5, 5.41) is 0. The van der Waals surface area contributed by atoms with E-state index in [1.807, 2.05) is 18.2 Å². The second-order valence-electron chi connectivity index (χ2n) is 7.50. The summed E-state index contributed by atoms with van der Waals surface area (Å²) in [6, 6.07) is 10.7. The van der Waals surface area contributed by atoms with Crippen molar-refractivity contribution in [2.24, 2.45) is 5.92 Å². The number of amides is 1. The second kappa shape index (κ2) is 6.17. The molecule has 3 aliphatic rings. The highest BCUT2D eigenvalue weighted by atomic mass is 32.1. The molecule has 0 bridgehead atoms. The maximum Gasteiger partial charge on any atom is 0.264 e. The number of benzene rings is 1. The van der Waals surface area contributed by atoms with Crippen LogP contribution in [0.15, 0.2) is 30.3 Å². The molecule has 1 aliphatic carbocycles. The van der Waals surface area contributed by atoms with Gasteiger partial charge in [-0.15, -0.1) is 11.3 Å². The molecule has 130 valence electrons. The van der Waals surface area contributed by atoms with Crippen LogP contribution < -0.4 is 4.74 Å². The molecule has 2 atom stereocenters. The van der Waals surface area contributed by atoms with Gasteiger partial charge < -0.3 is 9.64 Å². The average molecular weight is 353 g/mol. The number of nitrogens with zero attached hydrogens (tertiary/aromatic N) is 1. The Bertz CT molecular complexity index is 810. The van der Waals surface area contributed by atoms with E-state index in [0.29, 0.717) is 12.6 Å². The number of hydrogen-bond acceptors (Lipinski definition) is 3. The topological polar surface area (TPSA) is 29.5 Å². The van der Waals surface area contributed by atoms with Crippen LogP contribution in [-0.4, -0.2) is 23.4 Å². The lowest BCUT2D eigenvalue weighted by molar-refractivity contribution is 0.0395. The van der Waals surface area contributed by atoms with E-state index in [1.165, 1.54) is 37.0 Å². The number of carbonyl (C=O) groups excluding carboxylic acids is 1. The lowest BCUT2D eigenvalue weighted by atomic mass is 9.78. The summed E-state index contributed by atoms with van der Waals surface area (Å²) in [7, 11) is 0. The Kier molecular flexibility index (Phi) is 3.81. The van der Waals surface area contributed by atoms with Crippen LogP contribution in [0, 0.1) is 5.92 Å². The van der Waals surface area contributed by atoms with E-state index in [1.54, 1.807) is 11.3 Å². The standard InChI is InChI=1S/C21H23NO2S/c23-21(22-11-5-7-14-6-1-3-9-17(14)22)19-12-15-13-24-18-10-4-2-8-16(18)20(15)25-19/h2,4,8,10,12,14,17H,1,3,5-7,9,11,13H2. The number of para-hydroxylation sites is 1. The second-order valence-corrected chi connectivity index (χ2v) is 8.55. The molecule has 1 amide bonds. The summed E-state index contributed by atoms with van der Waals surface area (Å²) in [6.45, 7) is 1.50. The summed E-state index contributed by atoms with van der Waals surface area (Å²) in [5.74, 6) is 1.90. The average Bonchev–Trinajstić information content (AvgIpc) is 3.12. The molecule has 3 nitrogen and oxygen atoms in total. The van der Waals surface area contributed by atoms with Gasteiger partial charge in [0.2, 0.25) is 0 Å². The molecular weight excluding hydrogens is 330 g/mol. The predicted molar refractivity (Wildman–Crippen MR) is 100 cm³/mol. The summed E-state index contributed by atoms with van der Waals surface area (Å²) < 4.78 is 5.86. The van der Waals surface area contributed by atoms with E-state index in [4.69, 9.17) is 4.74 Å². The maximum absolute atomic E-state index is 13.3. The summed E-state index contributed by atoms with van der Waals surface area (Å²) in [6.07, 6.45) is 7.56. The van der Waals surface area contributed by atoms with E-state index in [0.717, 1.165) is 40.6 Å². The molecule has 2 aliphatic heterocycles. The number of likely N-dealkylation sites (tertiary alicyclic amines) is 1. The molecule has 2 fully saturated rings. The zero-order valence-corrected chi connectivity index (χ0v) is 15.2. The molecule has 2 aromatic rings. The number of carbonyl (C=O) groups is 1. The SMILES string of the molecule is O=C(c1cc2c(s1)-c1ccccc1OC2)N1CCCC2CCCCC21. The van der Waals surface area contributed by atoms with Crippen molar-refractivity contribution < 1.29 is 9.53 Å². The quantitative estimate of drug-likeness (QED) is 0.713. The number of fused-ring (bicyclic) bond motifs is 4. The number of ether oxygens (including phenoxy) is 1. The molecule has 3 heterocycles. The van der Waals surface area contributed by atoms with Crippen molar-refractivity contribution in [1.82, 2.24) is 4.90 Å². The molecule has 1 saturated heterocycles. The van der Waals surface area contributed by atoms with Gasteiger partial charge in [-0.05, 0) is 49.8 Å². The smallest absolute Gasteiger partial charge is 0.264 e. The first-order chi connectivity index (χ1) is 12.3. The molecule has 0 N–H and O–H groups in total. The molecule has 5 rings (SSSR count). The van der Waals surface area contributed by atoms with Crippen molar-refractivity contribution in [1.29, 1.82) is 0 Å². The van der Waals surface area contributed by atoms with E-state index in [2.05, 4.69) is 17.0 Å². The van der Waals surface area contributed by atoms with Crippen LogP contribution in [0.25, 0.3) is 10.4 Å². The fraction of sp³-hybridized carbons (Fsp3) is 0.476. The monoisotopic (exact) mass is 353 g/mol. The minimum atomic E-state index is 0.244. The predicted octanol–water partition coefficient (Wildman–Crippen LogP) is 5.10. The highest BCUT2D eigenvalue weighted by Gasteiger charge is 2.37. The molecule has 1 aromatic heterocycles. The first kappa shape index (κ1) is 15.4. The normalized spacial score (nSPS) is 24.7. The van der Waals surface area contributed by atoms with Gasteiger partial charge in [-0.1, -0.05) is 25.0 Å². The maximum atomic E-state index is 13.3. The van der Waals surface area contributed by atoms with Crippen LogP contribution in [0.2, 0.25) is 0 Å². The lowest BCUT2D eigenvalue weighted by Crippen LogP contribution is -2.49. The van der Waals surface area contributed by atoms with Crippen molar-refractivity contribution in [2.45, 2.75) is 51.2 Å². The number of hydrogen-bond donors (Lipinski definition) is 0. The van der Waals surface area contributed by atoms with Gasteiger partial charge in [0.15, 0.2) is 0 Å². The van der Waals surface area contributed by atoms with Gasteiger partial charge in [-0.3, -0.25) is 4.79 Å². The van der Waals surface area contributed by atoms with E-state index >= 15 is 0 Å². The van der Waals surface area contributed by atoms with Crippen molar-refractivity contribution in [3.8, 4) is 16.2 Å². The third kappa shape index (κ3) is 2.58. The summed E-state index contributed by atoms with van der Waals surface area (Å²) in [4.78, 5) is 17.6. The molecule has 25 heavy (non-hydrogen) atoms. The first-order valence-corrected chi connectivity index (χ1v) is 10.3. The molecule has 0 spiro atoms. The van der Waals surface area contributed by atoms with Crippen LogP contribution in [0.5, 0.6) is 5.75 Å². The van der Waals surface area contributed by atoms with Crippen molar-refractivity contribution in [3.05, 3.63) is 40.8 Å². The highest BCUT2D eigenvalue weighted by Crippen LogP contribution is 2.43. The Morgan fingerprint density at radius 3 is 2.92 bits per heavy atom. The summed E-state index contributed by atoms with van der Waals surface area (Å²) >= 11 is 1.65. The van der Waals surface area contributed by atoms with E-state index < -0.39 is 0 Å². The van der Waals surface area contributed by atoms with Crippen LogP contribution in [0.1, 0.15) is 53.8 Å². The van der Waals surface area contributed by atoms with Crippen LogP contribution in [-0.2, 0) is 6.61 Å². The lowest BCUT2D eigenvalue weighted by Gasteiger charge is -2.44. The van der Waals surface area contributed by atoms with Crippen LogP contribution in [0.3, 0.4) is 0 Å². The van der Waals surface area contributed by atoms with Gasteiger partial charge >= 0.3 is 0 Å². The number of rotatable bonds is 1. The minimum Gasteiger partial charge on any atom is -0.488 e. The molecule has 1 saturated carbocycles.